The number of hydrogen-bond donors (Lipinski definition) is 1. The molecule has 0 unspecified atom stereocenters. The Morgan fingerprint density at radius 2 is 2.17 bits per heavy atom. The quantitative estimate of drug-likeness (QED) is 0.627. The molecule has 0 atom stereocenters. The van der Waals surface area contributed by atoms with E-state index < -0.39 is 0 Å². The zero-order valence-electron chi connectivity index (χ0n) is 6.17. The molecular weight excluding hydrogens is 159 g/mol. The van der Waals surface area contributed by atoms with Crippen molar-refractivity contribution in [1.29, 1.82) is 0 Å². The molecule has 1 aromatic rings. The minimum Gasteiger partial charge on any atom is -0.508 e. The van der Waals surface area contributed by atoms with Gasteiger partial charge in [-0.15, -0.1) is 0 Å². The zero-order valence-corrected chi connectivity index (χ0v) is 6.17. The van der Waals surface area contributed by atoms with E-state index in [9.17, 15) is 9.50 Å². The lowest BCUT2D eigenvalue weighted by atomic mass is 10.1. The van der Waals surface area contributed by atoms with E-state index >= 15 is 0 Å². The summed E-state index contributed by atoms with van der Waals surface area (Å²) in [6.45, 7) is 0. The molecule has 12 heavy (non-hydrogen) atoms. The fourth-order valence-electron chi connectivity index (χ4n) is 1.35. The summed E-state index contributed by atoms with van der Waals surface area (Å²) in [7, 11) is 0. The average Bonchev–Trinajstić information content (AvgIpc) is 2.28. The van der Waals surface area contributed by atoms with E-state index in [1.807, 2.05) is 0 Å². The number of halogens is 1. The molecule has 1 aromatic carbocycles. The van der Waals surface area contributed by atoms with E-state index in [2.05, 4.69) is 0 Å². The van der Waals surface area contributed by atoms with Crippen LogP contribution in [0.15, 0.2) is 24.0 Å². The first-order valence-corrected chi connectivity index (χ1v) is 3.56. The molecule has 1 aliphatic carbocycles. The minimum atomic E-state index is -0.384. The molecule has 1 N–H and O–H groups in total. The molecular formula is C9H6FO2. The second-order valence-electron chi connectivity index (χ2n) is 2.75. The Kier molecular flexibility index (Phi) is 1.33. The second-order valence-corrected chi connectivity index (χ2v) is 2.75. The molecule has 2 rings (SSSR count). The van der Waals surface area contributed by atoms with Crippen LogP contribution in [0, 0.1) is 5.82 Å². The molecule has 0 aliphatic heterocycles. The van der Waals surface area contributed by atoms with Gasteiger partial charge in [0.15, 0.2) is 0 Å². The predicted molar refractivity (Wildman–Crippen MR) is 40.3 cm³/mol. The van der Waals surface area contributed by atoms with Crippen LogP contribution in [0.1, 0.15) is 11.1 Å². The number of fused-ring (bicyclic) bond motifs is 1. The first-order valence-electron chi connectivity index (χ1n) is 3.56. The van der Waals surface area contributed by atoms with E-state index in [4.69, 9.17) is 5.11 Å². The second kappa shape index (κ2) is 2.24. The number of benzene rings is 1. The fourth-order valence-corrected chi connectivity index (χ4v) is 1.35. The lowest BCUT2D eigenvalue weighted by Crippen LogP contribution is -1.85. The maximum atomic E-state index is 12.6. The van der Waals surface area contributed by atoms with Crippen molar-refractivity contribution in [2.45, 2.75) is 6.42 Å². The molecule has 0 saturated carbocycles. The van der Waals surface area contributed by atoms with Gasteiger partial charge >= 0.3 is 0 Å². The fraction of sp³-hybridized carbons (Fsp3) is 0.111. The molecule has 0 aromatic heterocycles. The molecule has 61 valence electrons. The highest BCUT2D eigenvalue weighted by molar-refractivity contribution is 5.68. The molecule has 1 aliphatic rings. The van der Waals surface area contributed by atoms with E-state index in [-0.39, 0.29) is 23.8 Å². The molecule has 3 heteroatoms. The first kappa shape index (κ1) is 7.16. The van der Waals surface area contributed by atoms with Gasteiger partial charge in [0, 0.05) is 12.0 Å². The average molecular weight is 165 g/mol. The van der Waals surface area contributed by atoms with Crippen molar-refractivity contribution < 1.29 is 14.6 Å². The number of hydrogen-bond acceptors (Lipinski definition) is 1. The van der Waals surface area contributed by atoms with Gasteiger partial charge in [0.2, 0.25) is 5.76 Å². The lowest BCUT2D eigenvalue weighted by Gasteiger charge is -1.96. The van der Waals surface area contributed by atoms with Crippen LogP contribution in [0.2, 0.25) is 0 Å². The van der Waals surface area contributed by atoms with Crippen LogP contribution in [0.3, 0.4) is 0 Å². The monoisotopic (exact) mass is 165 g/mol. The summed E-state index contributed by atoms with van der Waals surface area (Å²) in [6, 6.07) is 3.89. The van der Waals surface area contributed by atoms with Crippen LogP contribution in [-0.2, 0) is 11.5 Å². The summed E-state index contributed by atoms with van der Waals surface area (Å²) in [6.07, 6.45) is 0.159. The predicted octanol–water partition coefficient (Wildman–Crippen LogP) is 2.04. The van der Waals surface area contributed by atoms with Crippen molar-refractivity contribution >= 4 is 5.76 Å². The SMILES string of the molecule is [O]C1=C(O)Cc2cc(F)ccc21. The highest BCUT2D eigenvalue weighted by Gasteiger charge is 2.22. The zero-order chi connectivity index (χ0) is 8.72. The summed E-state index contributed by atoms with van der Waals surface area (Å²) in [5.74, 6) is -0.961. The van der Waals surface area contributed by atoms with Gasteiger partial charge < -0.3 is 5.11 Å². The summed E-state index contributed by atoms with van der Waals surface area (Å²) >= 11 is 0. The number of aliphatic hydroxyl groups is 1. The number of aliphatic hydroxyl groups excluding tert-OH is 1. The van der Waals surface area contributed by atoms with E-state index in [0.717, 1.165) is 0 Å². The third-order valence-electron chi connectivity index (χ3n) is 1.93. The van der Waals surface area contributed by atoms with Crippen molar-refractivity contribution in [3.63, 3.8) is 0 Å². The first-order chi connectivity index (χ1) is 5.68. The maximum absolute atomic E-state index is 12.6. The van der Waals surface area contributed by atoms with Crippen molar-refractivity contribution in [3.05, 3.63) is 40.9 Å². The van der Waals surface area contributed by atoms with Gasteiger partial charge in [-0.1, -0.05) is 0 Å². The summed E-state index contributed by atoms with van der Waals surface area (Å²) in [5.41, 5.74) is 0.978. The molecule has 0 amide bonds. The van der Waals surface area contributed by atoms with E-state index in [1.54, 1.807) is 0 Å². The van der Waals surface area contributed by atoms with Crippen molar-refractivity contribution in [2.24, 2.45) is 0 Å². The van der Waals surface area contributed by atoms with Crippen LogP contribution < -0.4 is 0 Å². The van der Waals surface area contributed by atoms with Crippen molar-refractivity contribution in [2.75, 3.05) is 0 Å². The normalized spacial score (nSPS) is 15.1. The van der Waals surface area contributed by atoms with E-state index in [1.165, 1.54) is 18.2 Å². The van der Waals surface area contributed by atoms with Crippen LogP contribution in [0.5, 0.6) is 0 Å². The standard InChI is InChI=1S/C9H6FO2/c10-6-1-2-7-5(3-6)4-8(11)9(7)12/h1-3,11H,4H2. The third kappa shape index (κ3) is 0.863. The molecule has 0 saturated heterocycles. The van der Waals surface area contributed by atoms with Crippen LogP contribution in [0.25, 0.3) is 5.76 Å². The molecule has 0 bridgehead atoms. The molecule has 0 heterocycles. The van der Waals surface area contributed by atoms with Gasteiger partial charge in [-0.2, -0.15) is 0 Å². The Bertz CT molecular complexity index is 369. The summed E-state index contributed by atoms with van der Waals surface area (Å²) in [4.78, 5) is 0. The smallest absolute Gasteiger partial charge is 0.223 e. The highest BCUT2D eigenvalue weighted by atomic mass is 19.1. The maximum Gasteiger partial charge on any atom is 0.223 e. The molecule has 0 fully saturated rings. The minimum absolute atomic E-state index is 0.159. The van der Waals surface area contributed by atoms with Crippen LogP contribution in [-0.4, -0.2) is 5.11 Å². The van der Waals surface area contributed by atoms with Crippen LogP contribution >= 0.6 is 0 Å². The van der Waals surface area contributed by atoms with Gasteiger partial charge in [-0.25, -0.2) is 4.39 Å². The van der Waals surface area contributed by atoms with Gasteiger partial charge in [-0.3, -0.25) is 5.11 Å². The number of rotatable bonds is 0. The third-order valence-corrected chi connectivity index (χ3v) is 1.93. The molecule has 1 radical (unpaired) electrons. The Morgan fingerprint density at radius 3 is 2.92 bits per heavy atom. The summed E-state index contributed by atoms with van der Waals surface area (Å²) in [5, 5.41) is 20.2. The molecule has 2 nitrogen and oxygen atoms in total. The Morgan fingerprint density at radius 1 is 1.42 bits per heavy atom. The highest BCUT2D eigenvalue weighted by Crippen LogP contribution is 2.30. The van der Waals surface area contributed by atoms with Gasteiger partial charge in [-0.05, 0) is 23.8 Å². The van der Waals surface area contributed by atoms with Crippen molar-refractivity contribution in [3.8, 4) is 0 Å². The Balaban J connectivity index is 2.58. The topological polar surface area (TPSA) is 40.1 Å². The van der Waals surface area contributed by atoms with Gasteiger partial charge in [0.05, 0.1) is 0 Å². The largest absolute Gasteiger partial charge is 0.508 e. The van der Waals surface area contributed by atoms with Crippen LogP contribution in [0.4, 0.5) is 4.39 Å². The molecule has 0 spiro atoms. The Hall–Kier alpha value is -1.51. The summed E-state index contributed by atoms with van der Waals surface area (Å²) < 4.78 is 12.6. The Labute approximate surface area is 68.6 Å². The lowest BCUT2D eigenvalue weighted by molar-refractivity contribution is 0.336. The van der Waals surface area contributed by atoms with Gasteiger partial charge in [0.1, 0.15) is 11.6 Å². The van der Waals surface area contributed by atoms with E-state index in [0.29, 0.717) is 11.1 Å². The van der Waals surface area contributed by atoms with Gasteiger partial charge in [0.25, 0.3) is 0 Å². The van der Waals surface area contributed by atoms with Crippen molar-refractivity contribution in [1.82, 2.24) is 0 Å². The number of allylic oxidation sites excluding steroid dienone is 1.